The molecule has 1 aliphatic rings. The van der Waals surface area contributed by atoms with E-state index in [9.17, 15) is 8.42 Å². The van der Waals surface area contributed by atoms with Gasteiger partial charge in [-0.2, -0.15) is 17.0 Å². The zero-order valence-corrected chi connectivity index (χ0v) is 12.3. The Balaban J connectivity index is 2.79. The first-order chi connectivity index (χ1) is 8.43. The second kappa shape index (κ2) is 6.81. The monoisotopic (exact) mass is 279 g/mol. The summed E-state index contributed by atoms with van der Waals surface area (Å²) in [5.41, 5.74) is 5.42. The molecule has 6 nitrogen and oxygen atoms in total. The van der Waals surface area contributed by atoms with Crippen molar-refractivity contribution in [2.24, 2.45) is 5.73 Å². The van der Waals surface area contributed by atoms with E-state index in [0.29, 0.717) is 32.7 Å². The minimum Gasteiger partial charge on any atom is -0.375 e. The van der Waals surface area contributed by atoms with Crippen LogP contribution in [0, 0.1) is 0 Å². The van der Waals surface area contributed by atoms with Gasteiger partial charge in [-0.1, -0.05) is 6.92 Å². The first kappa shape index (κ1) is 15.8. The van der Waals surface area contributed by atoms with Gasteiger partial charge in [0.05, 0.1) is 12.7 Å². The summed E-state index contributed by atoms with van der Waals surface area (Å²) in [6.45, 7) is 5.73. The second-order valence-electron chi connectivity index (χ2n) is 4.75. The smallest absolute Gasteiger partial charge is 0.282 e. The molecule has 0 radical (unpaired) electrons. The van der Waals surface area contributed by atoms with E-state index in [0.717, 1.165) is 6.42 Å². The molecule has 1 aliphatic heterocycles. The number of hydrogen-bond donors (Lipinski definition) is 1. The van der Waals surface area contributed by atoms with Crippen LogP contribution < -0.4 is 5.73 Å². The minimum atomic E-state index is -3.40. The lowest BCUT2D eigenvalue weighted by molar-refractivity contribution is -0.0248. The molecule has 2 unspecified atom stereocenters. The van der Waals surface area contributed by atoms with Crippen LogP contribution in [0.3, 0.4) is 0 Å². The zero-order chi connectivity index (χ0) is 13.8. The van der Waals surface area contributed by atoms with Gasteiger partial charge >= 0.3 is 0 Å². The van der Waals surface area contributed by atoms with Crippen LogP contribution in [-0.4, -0.2) is 62.5 Å². The lowest BCUT2D eigenvalue weighted by Crippen LogP contribution is -2.55. The van der Waals surface area contributed by atoms with Crippen LogP contribution in [0.15, 0.2) is 0 Å². The van der Waals surface area contributed by atoms with Crippen molar-refractivity contribution in [2.75, 3.05) is 33.3 Å². The Morgan fingerprint density at radius 2 is 2.17 bits per heavy atom. The van der Waals surface area contributed by atoms with E-state index in [-0.39, 0.29) is 12.1 Å². The number of hydrogen-bond acceptors (Lipinski definition) is 4. The molecule has 2 atom stereocenters. The molecule has 0 amide bonds. The lowest BCUT2D eigenvalue weighted by Gasteiger charge is -2.39. The predicted molar refractivity (Wildman–Crippen MR) is 71.4 cm³/mol. The maximum Gasteiger partial charge on any atom is 0.282 e. The molecular formula is C11H25N3O3S. The molecule has 1 fully saturated rings. The van der Waals surface area contributed by atoms with Crippen LogP contribution in [0.5, 0.6) is 0 Å². The average Bonchev–Trinajstić information content (AvgIpc) is 2.35. The maximum absolute atomic E-state index is 12.5. The van der Waals surface area contributed by atoms with Crippen molar-refractivity contribution in [3.8, 4) is 0 Å². The van der Waals surface area contributed by atoms with Crippen LogP contribution in [0.4, 0.5) is 0 Å². The van der Waals surface area contributed by atoms with Gasteiger partial charge in [0.15, 0.2) is 0 Å². The molecule has 0 aromatic carbocycles. The lowest BCUT2D eigenvalue weighted by atomic mass is 10.2. The molecule has 2 N–H and O–H groups in total. The van der Waals surface area contributed by atoms with Crippen LogP contribution in [0.1, 0.15) is 26.7 Å². The Morgan fingerprint density at radius 1 is 1.50 bits per heavy atom. The molecule has 18 heavy (non-hydrogen) atoms. The molecule has 0 aromatic rings. The molecule has 0 aromatic heterocycles. The van der Waals surface area contributed by atoms with Gasteiger partial charge in [0.25, 0.3) is 10.2 Å². The first-order valence-electron chi connectivity index (χ1n) is 6.48. The number of ether oxygens (including phenoxy) is 1. The molecule has 1 heterocycles. The van der Waals surface area contributed by atoms with E-state index in [2.05, 4.69) is 0 Å². The van der Waals surface area contributed by atoms with Crippen LogP contribution in [-0.2, 0) is 14.9 Å². The first-order valence-corrected chi connectivity index (χ1v) is 7.88. The third-order valence-corrected chi connectivity index (χ3v) is 5.27. The van der Waals surface area contributed by atoms with Crippen molar-refractivity contribution >= 4 is 10.2 Å². The van der Waals surface area contributed by atoms with E-state index >= 15 is 0 Å². The fourth-order valence-corrected chi connectivity index (χ4v) is 3.73. The van der Waals surface area contributed by atoms with E-state index in [1.807, 2.05) is 13.8 Å². The number of nitrogens with zero attached hydrogens (tertiary/aromatic N) is 2. The Hall–Kier alpha value is -0.210. The quantitative estimate of drug-likeness (QED) is 0.743. The molecule has 1 rings (SSSR count). The highest BCUT2D eigenvalue weighted by Crippen LogP contribution is 2.20. The summed E-state index contributed by atoms with van der Waals surface area (Å²) in [5, 5.41) is 0. The van der Waals surface area contributed by atoms with Gasteiger partial charge < -0.3 is 10.5 Å². The average molecular weight is 279 g/mol. The fraction of sp³-hybridized carbons (Fsp3) is 1.00. The normalized spacial score (nSPS) is 26.7. The van der Waals surface area contributed by atoms with E-state index in [1.54, 1.807) is 11.4 Å². The summed E-state index contributed by atoms with van der Waals surface area (Å²) in [7, 11) is -1.79. The fourth-order valence-electron chi connectivity index (χ4n) is 2.03. The Morgan fingerprint density at radius 3 is 2.72 bits per heavy atom. The maximum atomic E-state index is 12.5. The van der Waals surface area contributed by atoms with Gasteiger partial charge in [0.1, 0.15) is 0 Å². The van der Waals surface area contributed by atoms with E-state index in [1.165, 1.54) is 4.31 Å². The minimum absolute atomic E-state index is 0.0505. The van der Waals surface area contributed by atoms with Crippen molar-refractivity contribution in [2.45, 2.75) is 38.8 Å². The summed E-state index contributed by atoms with van der Waals surface area (Å²) < 4.78 is 33.4. The summed E-state index contributed by atoms with van der Waals surface area (Å²) in [4.78, 5) is 0. The Kier molecular flexibility index (Phi) is 6.00. The third kappa shape index (κ3) is 3.64. The number of nitrogens with two attached hydrogens (primary N) is 1. The van der Waals surface area contributed by atoms with Crippen LogP contribution in [0.25, 0.3) is 0 Å². The van der Waals surface area contributed by atoms with Crippen molar-refractivity contribution in [3.63, 3.8) is 0 Å². The second-order valence-corrected chi connectivity index (χ2v) is 6.74. The van der Waals surface area contributed by atoms with Gasteiger partial charge in [-0.25, -0.2) is 0 Å². The Labute approximate surface area is 110 Å². The third-order valence-electron chi connectivity index (χ3n) is 3.26. The summed E-state index contributed by atoms with van der Waals surface area (Å²) in [6.07, 6.45) is 1.38. The summed E-state index contributed by atoms with van der Waals surface area (Å²) in [5.74, 6) is 0. The van der Waals surface area contributed by atoms with Crippen molar-refractivity contribution < 1.29 is 13.2 Å². The Bertz CT molecular complexity index is 347. The van der Waals surface area contributed by atoms with Crippen molar-refractivity contribution in [1.29, 1.82) is 0 Å². The molecule has 7 heteroatoms. The summed E-state index contributed by atoms with van der Waals surface area (Å²) >= 11 is 0. The highest BCUT2D eigenvalue weighted by Gasteiger charge is 2.36. The van der Waals surface area contributed by atoms with Gasteiger partial charge in [0.2, 0.25) is 0 Å². The standard InChI is InChI=1S/C11H25N3O3S/c1-4-11-9-17-10(2)8-14(11)18(15,16)13(3)7-5-6-12/h10-11H,4-9,12H2,1-3H3. The van der Waals surface area contributed by atoms with E-state index in [4.69, 9.17) is 10.5 Å². The SMILES string of the molecule is CCC1COC(C)CN1S(=O)(=O)N(C)CCCN. The van der Waals surface area contributed by atoms with Gasteiger partial charge in [-0.3, -0.25) is 0 Å². The molecule has 108 valence electrons. The molecule has 0 spiro atoms. The molecule has 0 bridgehead atoms. The van der Waals surface area contributed by atoms with E-state index < -0.39 is 10.2 Å². The van der Waals surface area contributed by atoms with Crippen molar-refractivity contribution in [3.05, 3.63) is 0 Å². The van der Waals surface area contributed by atoms with Gasteiger partial charge in [0, 0.05) is 26.2 Å². The number of rotatable bonds is 6. The van der Waals surface area contributed by atoms with Crippen LogP contribution in [0.2, 0.25) is 0 Å². The highest BCUT2D eigenvalue weighted by atomic mass is 32.2. The summed E-state index contributed by atoms with van der Waals surface area (Å²) in [6, 6.07) is -0.0634. The topological polar surface area (TPSA) is 75.9 Å². The highest BCUT2D eigenvalue weighted by molar-refractivity contribution is 7.86. The molecule has 1 saturated heterocycles. The largest absolute Gasteiger partial charge is 0.375 e. The van der Waals surface area contributed by atoms with Crippen LogP contribution >= 0.6 is 0 Å². The molecular weight excluding hydrogens is 254 g/mol. The van der Waals surface area contributed by atoms with Gasteiger partial charge in [-0.15, -0.1) is 0 Å². The van der Waals surface area contributed by atoms with Crippen molar-refractivity contribution in [1.82, 2.24) is 8.61 Å². The molecule has 0 saturated carbocycles. The number of morpholine rings is 1. The molecule has 0 aliphatic carbocycles. The predicted octanol–water partition coefficient (Wildman–Crippen LogP) is 0.0111. The zero-order valence-electron chi connectivity index (χ0n) is 11.5. The van der Waals surface area contributed by atoms with Gasteiger partial charge in [-0.05, 0) is 26.3 Å².